The van der Waals surface area contributed by atoms with E-state index in [1.807, 2.05) is 43.3 Å². The number of hydrogen-bond acceptors (Lipinski definition) is 2. The molecule has 0 aliphatic rings. The zero-order valence-corrected chi connectivity index (χ0v) is 10.1. The molecule has 0 radical (unpaired) electrons. The van der Waals surface area contributed by atoms with Crippen molar-refractivity contribution in [3.63, 3.8) is 0 Å². The lowest BCUT2D eigenvalue weighted by molar-refractivity contribution is -0.116. The summed E-state index contributed by atoms with van der Waals surface area (Å²) in [5.41, 5.74) is 0.812. The van der Waals surface area contributed by atoms with Crippen LogP contribution >= 0.6 is 0 Å². The Hall–Kier alpha value is -1.61. The minimum atomic E-state index is -0.440. The quantitative estimate of drug-likeness (QED) is 0.742. The van der Waals surface area contributed by atoms with Crippen molar-refractivity contribution in [1.82, 2.24) is 0 Å². The molecule has 1 aromatic carbocycles. The van der Waals surface area contributed by atoms with E-state index in [9.17, 15) is 9.90 Å². The fourth-order valence-corrected chi connectivity index (χ4v) is 1.54. The lowest BCUT2D eigenvalue weighted by atomic mass is 10.1. The van der Waals surface area contributed by atoms with Gasteiger partial charge in [0.2, 0.25) is 5.91 Å². The first-order chi connectivity index (χ1) is 8.22. The lowest BCUT2D eigenvalue weighted by Gasteiger charge is -2.06. The van der Waals surface area contributed by atoms with E-state index in [2.05, 4.69) is 5.32 Å². The molecule has 0 bridgehead atoms. The molecule has 0 saturated carbocycles. The Bertz CT molecular complexity index is 360. The Morgan fingerprint density at radius 1 is 1.41 bits per heavy atom. The molecule has 3 heteroatoms. The van der Waals surface area contributed by atoms with Crippen LogP contribution in [0.4, 0.5) is 5.69 Å². The second kappa shape index (κ2) is 7.63. The molecule has 17 heavy (non-hydrogen) atoms. The predicted molar refractivity (Wildman–Crippen MR) is 69.7 cm³/mol. The molecule has 0 fully saturated rings. The zero-order chi connectivity index (χ0) is 12.5. The third-order valence-electron chi connectivity index (χ3n) is 2.38. The number of nitrogens with one attached hydrogen (secondary N) is 1. The van der Waals surface area contributed by atoms with Crippen molar-refractivity contribution in [3.05, 3.63) is 42.5 Å². The average Bonchev–Trinajstić information content (AvgIpc) is 2.30. The number of allylic oxidation sites excluding steroid dienone is 1. The van der Waals surface area contributed by atoms with Gasteiger partial charge in [-0.15, -0.1) is 0 Å². The molecule has 92 valence electrons. The summed E-state index contributed by atoms with van der Waals surface area (Å²) in [6.45, 7) is 1.87. The van der Waals surface area contributed by atoms with E-state index in [0.29, 0.717) is 19.3 Å². The maximum absolute atomic E-state index is 11.5. The Morgan fingerprint density at radius 2 is 2.12 bits per heavy atom. The van der Waals surface area contributed by atoms with Gasteiger partial charge in [0.25, 0.3) is 0 Å². The zero-order valence-electron chi connectivity index (χ0n) is 10.1. The van der Waals surface area contributed by atoms with Crippen LogP contribution in [0, 0.1) is 0 Å². The Balaban J connectivity index is 2.22. The third kappa shape index (κ3) is 5.88. The molecule has 1 atom stereocenters. The molecule has 0 saturated heterocycles. The molecule has 0 unspecified atom stereocenters. The lowest BCUT2D eigenvalue weighted by Crippen LogP contribution is -2.12. The van der Waals surface area contributed by atoms with E-state index >= 15 is 0 Å². The van der Waals surface area contributed by atoms with Gasteiger partial charge in [-0.3, -0.25) is 4.79 Å². The van der Waals surface area contributed by atoms with Gasteiger partial charge in [0.05, 0.1) is 6.10 Å². The van der Waals surface area contributed by atoms with Gasteiger partial charge < -0.3 is 10.4 Å². The number of rotatable bonds is 6. The first-order valence-corrected chi connectivity index (χ1v) is 5.88. The second-order valence-corrected chi connectivity index (χ2v) is 3.90. The molecule has 1 amide bonds. The Morgan fingerprint density at radius 3 is 2.76 bits per heavy atom. The molecule has 0 aliphatic carbocycles. The van der Waals surface area contributed by atoms with Crippen LogP contribution in [0.3, 0.4) is 0 Å². The predicted octanol–water partition coefficient (Wildman–Crippen LogP) is 2.73. The maximum atomic E-state index is 11.5. The number of carbonyl (C=O) groups excluding carboxylic acids is 1. The topological polar surface area (TPSA) is 49.3 Å². The van der Waals surface area contributed by atoms with Crippen LogP contribution in [-0.4, -0.2) is 17.1 Å². The van der Waals surface area contributed by atoms with Gasteiger partial charge in [0.1, 0.15) is 0 Å². The summed E-state index contributed by atoms with van der Waals surface area (Å²) >= 11 is 0. The number of para-hydroxylation sites is 1. The number of anilines is 1. The highest BCUT2D eigenvalue weighted by atomic mass is 16.3. The van der Waals surface area contributed by atoms with Crippen molar-refractivity contribution in [2.24, 2.45) is 0 Å². The Labute approximate surface area is 102 Å². The molecule has 2 N–H and O–H groups in total. The number of aliphatic hydroxyl groups is 1. The van der Waals surface area contributed by atoms with E-state index in [1.54, 1.807) is 6.08 Å². The van der Waals surface area contributed by atoms with E-state index in [-0.39, 0.29) is 5.91 Å². The number of amides is 1. The fourth-order valence-electron chi connectivity index (χ4n) is 1.54. The fraction of sp³-hybridized carbons (Fsp3) is 0.357. The van der Waals surface area contributed by atoms with Crippen LogP contribution in [0.15, 0.2) is 42.5 Å². The van der Waals surface area contributed by atoms with E-state index < -0.39 is 6.10 Å². The van der Waals surface area contributed by atoms with E-state index in [4.69, 9.17) is 0 Å². The smallest absolute Gasteiger partial charge is 0.224 e. The molecule has 0 heterocycles. The molecule has 1 aromatic rings. The monoisotopic (exact) mass is 233 g/mol. The summed E-state index contributed by atoms with van der Waals surface area (Å²) in [5, 5.41) is 12.2. The molecule has 0 aromatic heterocycles. The SMILES string of the molecule is CC=C[C@@H](O)CCCC(=O)Nc1ccccc1. The first kappa shape index (κ1) is 13.5. The van der Waals surface area contributed by atoms with Crippen LogP contribution in [0.2, 0.25) is 0 Å². The van der Waals surface area contributed by atoms with Crippen LogP contribution in [0.1, 0.15) is 26.2 Å². The second-order valence-electron chi connectivity index (χ2n) is 3.90. The molecule has 0 spiro atoms. The molecule has 0 aliphatic heterocycles. The van der Waals surface area contributed by atoms with E-state index in [0.717, 1.165) is 5.69 Å². The summed E-state index contributed by atoms with van der Waals surface area (Å²) in [5.74, 6) is -0.0103. The van der Waals surface area contributed by atoms with Gasteiger partial charge in [-0.05, 0) is 31.9 Å². The summed E-state index contributed by atoms with van der Waals surface area (Å²) in [7, 11) is 0. The average molecular weight is 233 g/mol. The van der Waals surface area contributed by atoms with Crippen molar-refractivity contribution in [1.29, 1.82) is 0 Å². The van der Waals surface area contributed by atoms with Gasteiger partial charge in [0.15, 0.2) is 0 Å². The molecule has 3 nitrogen and oxygen atoms in total. The third-order valence-corrected chi connectivity index (χ3v) is 2.38. The maximum Gasteiger partial charge on any atom is 0.224 e. The standard InChI is InChI=1S/C14H19NO2/c1-2-7-13(16)10-6-11-14(17)15-12-8-4-3-5-9-12/h2-5,7-9,13,16H,6,10-11H2,1H3,(H,15,17)/t13-/m1/s1. The minimum Gasteiger partial charge on any atom is -0.389 e. The van der Waals surface area contributed by atoms with Crippen LogP contribution in [-0.2, 0) is 4.79 Å². The normalized spacial score (nSPS) is 12.6. The number of hydrogen-bond donors (Lipinski definition) is 2. The van der Waals surface area contributed by atoms with Gasteiger partial charge in [0, 0.05) is 12.1 Å². The van der Waals surface area contributed by atoms with Crippen molar-refractivity contribution < 1.29 is 9.90 Å². The highest BCUT2D eigenvalue weighted by Crippen LogP contribution is 2.08. The van der Waals surface area contributed by atoms with Crippen molar-refractivity contribution in [2.45, 2.75) is 32.3 Å². The van der Waals surface area contributed by atoms with Gasteiger partial charge in [-0.25, -0.2) is 0 Å². The van der Waals surface area contributed by atoms with Gasteiger partial charge in [-0.2, -0.15) is 0 Å². The molecular formula is C14H19NO2. The summed E-state index contributed by atoms with van der Waals surface area (Å²) < 4.78 is 0. The minimum absolute atomic E-state index is 0.0103. The largest absolute Gasteiger partial charge is 0.389 e. The summed E-state index contributed by atoms with van der Waals surface area (Å²) in [4.78, 5) is 11.5. The van der Waals surface area contributed by atoms with Crippen molar-refractivity contribution in [3.8, 4) is 0 Å². The summed E-state index contributed by atoms with van der Waals surface area (Å²) in [6, 6.07) is 9.37. The highest BCUT2D eigenvalue weighted by Gasteiger charge is 2.04. The van der Waals surface area contributed by atoms with Gasteiger partial charge >= 0.3 is 0 Å². The number of benzene rings is 1. The Kier molecular flexibility index (Phi) is 6.04. The van der Waals surface area contributed by atoms with Crippen LogP contribution in [0.25, 0.3) is 0 Å². The van der Waals surface area contributed by atoms with Gasteiger partial charge in [-0.1, -0.05) is 30.4 Å². The van der Waals surface area contributed by atoms with Crippen molar-refractivity contribution >= 4 is 11.6 Å². The van der Waals surface area contributed by atoms with Crippen LogP contribution in [0.5, 0.6) is 0 Å². The highest BCUT2D eigenvalue weighted by molar-refractivity contribution is 5.90. The van der Waals surface area contributed by atoms with Crippen LogP contribution < -0.4 is 5.32 Å². The molecular weight excluding hydrogens is 214 g/mol. The molecule has 1 rings (SSSR count). The van der Waals surface area contributed by atoms with E-state index in [1.165, 1.54) is 0 Å². The van der Waals surface area contributed by atoms with Crippen molar-refractivity contribution in [2.75, 3.05) is 5.32 Å². The summed E-state index contributed by atoms with van der Waals surface area (Å²) in [6.07, 6.45) is 4.84. The number of aliphatic hydroxyl groups excluding tert-OH is 1. The number of carbonyl (C=O) groups is 1. The first-order valence-electron chi connectivity index (χ1n) is 5.88.